The van der Waals surface area contributed by atoms with E-state index >= 15 is 0 Å². The Balaban J connectivity index is 1.58. The van der Waals surface area contributed by atoms with Crippen molar-refractivity contribution < 1.29 is 22.0 Å². The minimum absolute atomic E-state index is 0.0575. The standard InChI is InChI=1S/C23H23F2N3O3S/c24-19-14-18(23(8-9-23)22(29)27-11-10-26)20(25)13-17(19)15-28-12-4-7-21(32(28,30)31)16-5-2-1-3-6-16/h1-3,5-6,13-14,21H,4,7-9,11-12,15H2,(H,27,29)/t21-/m1/s1. The number of carbonyl (C=O) groups excluding carboxylic acids is 1. The van der Waals surface area contributed by atoms with Crippen molar-refractivity contribution in [2.45, 2.75) is 42.9 Å². The van der Waals surface area contributed by atoms with E-state index in [-0.39, 0.29) is 30.8 Å². The van der Waals surface area contributed by atoms with Crippen LogP contribution in [0.2, 0.25) is 0 Å². The van der Waals surface area contributed by atoms with E-state index in [0.717, 1.165) is 12.1 Å². The lowest BCUT2D eigenvalue weighted by Gasteiger charge is -2.32. The number of sulfonamides is 1. The van der Waals surface area contributed by atoms with Gasteiger partial charge in [0.1, 0.15) is 23.4 Å². The Labute approximate surface area is 185 Å². The van der Waals surface area contributed by atoms with Gasteiger partial charge in [0.25, 0.3) is 0 Å². The number of halogens is 2. The topological polar surface area (TPSA) is 90.3 Å². The highest BCUT2D eigenvalue weighted by Crippen LogP contribution is 2.49. The van der Waals surface area contributed by atoms with Gasteiger partial charge in [0.05, 0.1) is 11.5 Å². The maximum absolute atomic E-state index is 15.0. The molecule has 9 heteroatoms. The van der Waals surface area contributed by atoms with Crippen LogP contribution in [0.25, 0.3) is 0 Å². The minimum atomic E-state index is -3.75. The van der Waals surface area contributed by atoms with Gasteiger partial charge in [-0.25, -0.2) is 17.2 Å². The number of hydrogen-bond donors (Lipinski definition) is 1. The summed E-state index contributed by atoms with van der Waals surface area (Å²) in [5.41, 5.74) is -0.622. The number of amides is 1. The molecule has 4 rings (SSSR count). The first-order valence-electron chi connectivity index (χ1n) is 10.5. The van der Waals surface area contributed by atoms with E-state index in [1.54, 1.807) is 30.3 Å². The van der Waals surface area contributed by atoms with Gasteiger partial charge in [0.2, 0.25) is 15.9 Å². The largest absolute Gasteiger partial charge is 0.342 e. The van der Waals surface area contributed by atoms with Crippen molar-refractivity contribution in [2.24, 2.45) is 0 Å². The third kappa shape index (κ3) is 4.00. The van der Waals surface area contributed by atoms with Gasteiger partial charge in [-0.2, -0.15) is 9.57 Å². The van der Waals surface area contributed by atoms with Crippen molar-refractivity contribution in [3.8, 4) is 6.07 Å². The summed E-state index contributed by atoms with van der Waals surface area (Å²) in [4.78, 5) is 12.4. The third-order valence-corrected chi connectivity index (χ3v) is 8.53. The summed E-state index contributed by atoms with van der Waals surface area (Å²) < 4.78 is 57.5. The summed E-state index contributed by atoms with van der Waals surface area (Å²) >= 11 is 0. The molecule has 1 aliphatic carbocycles. The molecule has 0 bridgehead atoms. The van der Waals surface area contributed by atoms with E-state index in [4.69, 9.17) is 5.26 Å². The zero-order chi connectivity index (χ0) is 22.9. The van der Waals surface area contributed by atoms with Crippen molar-refractivity contribution >= 4 is 15.9 Å². The van der Waals surface area contributed by atoms with Gasteiger partial charge in [-0.3, -0.25) is 4.79 Å². The first-order chi connectivity index (χ1) is 15.3. The van der Waals surface area contributed by atoms with Gasteiger partial charge in [-0.05, 0) is 43.4 Å². The predicted molar refractivity (Wildman–Crippen MR) is 114 cm³/mol. The van der Waals surface area contributed by atoms with E-state index < -0.39 is 38.2 Å². The number of nitrogens with zero attached hydrogens (tertiary/aromatic N) is 2. The van der Waals surface area contributed by atoms with E-state index in [9.17, 15) is 22.0 Å². The molecule has 0 aromatic heterocycles. The lowest BCUT2D eigenvalue weighted by Crippen LogP contribution is -2.39. The number of nitrogens with one attached hydrogen (secondary N) is 1. The highest BCUT2D eigenvalue weighted by atomic mass is 32.2. The Bertz CT molecular complexity index is 1170. The Kier molecular flexibility index (Phi) is 6.01. The molecule has 1 heterocycles. The number of rotatable bonds is 6. The Hall–Kier alpha value is -2.83. The number of carbonyl (C=O) groups is 1. The van der Waals surface area contributed by atoms with Crippen molar-refractivity contribution in [1.82, 2.24) is 9.62 Å². The summed E-state index contributed by atoms with van der Waals surface area (Å²) in [5.74, 6) is -2.01. The SMILES string of the molecule is N#CCNC(=O)C1(c2cc(F)c(CN3CCC[C@H](c4ccccc4)S3(=O)=O)cc2F)CC1. The molecule has 1 amide bonds. The lowest BCUT2D eigenvalue weighted by atomic mass is 9.93. The Morgan fingerprint density at radius 1 is 1.19 bits per heavy atom. The fraction of sp³-hybridized carbons (Fsp3) is 0.391. The van der Waals surface area contributed by atoms with Crippen molar-refractivity contribution in [3.05, 3.63) is 70.8 Å². The smallest absolute Gasteiger partial charge is 0.231 e. The summed E-state index contributed by atoms with van der Waals surface area (Å²) in [6, 6.07) is 12.7. The quantitative estimate of drug-likeness (QED) is 0.671. The first-order valence-corrected chi connectivity index (χ1v) is 12.0. The monoisotopic (exact) mass is 459 g/mol. The molecule has 2 aromatic carbocycles. The van der Waals surface area contributed by atoms with E-state index in [1.165, 1.54) is 4.31 Å². The van der Waals surface area contributed by atoms with Crippen LogP contribution >= 0.6 is 0 Å². The fourth-order valence-electron chi connectivity index (χ4n) is 4.38. The molecule has 1 atom stereocenters. The number of benzene rings is 2. The molecule has 168 valence electrons. The number of nitriles is 1. The predicted octanol–water partition coefficient (Wildman–Crippen LogP) is 3.30. The van der Waals surface area contributed by atoms with Crippen molar-refractivity contribution in [3.63, 3.8) is 0 Å². The molecule has 1 saturated carbocycles. The first kappa shape index (κ1) is 22.4. The van der Waals surface area contributed by atoms with Gasteiger partial charge in [-0.15, -0.1) is 0 Å². The van der Waals surface area contributed by atoms with Crippen LogP contribution in [0.15, 0.2) is 42.5 Å². The van der Waals surface area contributed by atoms with Crippen molar-refractivity contribution in [2.75, 3.05) is 13.1 Å². The summed E-state index contributed by atoms with van der Waals surface area (Å²) in [6.45, 7) is -0.254. The van der Waals surface area contributed by atoms with Crippen LogP contribution in [-0.4, -0.2) is 31.7 Å². The minimum Gasteiger partial charge on any atom is -0.342 e. The second-order valence-electron chi connectivity index (χ2n) is 8.27. The van der Waals surface area contributed by atoms with Gasteiger partial charge in [0.15, 0.2) is 0 Å². The van der Waals surface area contributed by atoms with Crippen LogP contribution in [0, 0.1) is 23.0 Å². The molecule has 1 aliphatic heterocycles. The van der Waals surface area contributed by atoms with Crippen LogP contribution in [0.5, 0.6) is 0 Å². The summed E-state index contributed by atoms with van der Waals surface area (Å²) in [5, 5.41) is 10.3. The van der Waals surface area contributed by atoms with E-state index in [2.05, 4.69) is 5.32 Å². The van der Waals surface area contributed by atoms with Crippen molar-refractivity contribution in [1.29, 1.82) is 5.26 Å². The van der Waals surface area contributed by atoms with Crippen LogP contribution in [0.3, 0.4) is 0 Å². The summed E-state index contributed by atoms with van der Waals surface area (Å²) in [7, 11) is -3.75. The average molecular weight is 460 g/mol. The van der Waals surface area contributed by atoms with Gasteiger partial charge >= 0.3 is 0 Å². The highest BCUT2D eigenvalue weighted by Gasteiger charge is 2.53. The molecule has 2 aliphatic rings. The molecule has 6 nitrogen and oxygen atoms in total. The fourth-order valence-corrected chi connectivity index (χ4v) is 6.41. The molecule has 2 fully saturated rings. The normalized spacial score (nSPS) is 21.5. The molecule has 2 aromatic rings. The zero-order valence-corrected chi connectivity index (χ0v) is 18.2. The van der Waals surface area contributed by atoms with Crippen LogP contribution in [0.4, 0.5) is 8.78 Å². The van der Waals surface area contributed by atoms with E-state index in [1.807, 2.05) is 6.07 Å². The van der Waals surface area contributed by atoms with Gasteiger partial charge < -0.3 is 5.32 Å². The molecule has 0 spiro atoms. The summed E-state index contributed by atoms with van der Waals surface area (Å²) in [6.07, 6.45) is 1.81. The van der Waals surface area contributed by atoms with Crippen LogP contribution in [-0.2, 0) is 26.8 Å². The molecule has 32 heavy (non-hydrogen) atoms. The average Bonchev–Trinajstić information content (AvgIpc) is 3.58. The Morgan fingerprint density at radius 3 is 2.56 bits per heavy atom. The van der Waals surface area contributed by atoms with Gasteiger partial charge in [-0.1, -0.05) is 30.3 Å². The van der Waals surface area contributed by atoms with Crippen LogP contribution < -0.4 is 5.32 Å². The number of hydrogen-bond acceptors (Lipinski definition) is 4. The van der Waals surface area contributed by atoms with E-state index in [0.29, 0.717) is 31.2 Å². The molecule has 1 saturated heterocycles. The maximum Gasteiger partial charge on any atom is 0.231 e. The second kappa shape index (κ2) is 8.60. The maximum atomic E-state index is 15.0. The third-order valence-electron chi connectivity index (χ3n) is 6.28. The molecule has 0 unspecified atom stereocenters. The molecular formula is C23H23F2N3O3S. The molecule has 0 radical (unpaired) electrons. The van der Waals surface area contributed by atoms with Crippen LogP contribution in [0.1, 0.15) is 47.6 Å². The highest BCUT2D eigenvalue weighted by molar-refractivity contribution is 7.89. The van der Waals surface area contributed by atoms with Gasteiger partial charge in [0, 0.05) is 24.2 Å². The Morgan fingerprint density at radius 2 is 1.91 bits per heavy atom. The molecule has 1 N–H and O–H groups in total. The second-order valence-corrected chi connectivity index (χ2v) is 10.4. The molecular weight excluding hydrogens is 436 g/mol. The zero-order valence-electron chi connectivity index (χ0n) is 17.4. The lowest BCUT2D eigenvalue weighted by molar-refractivity contribution is -0.123.